The van der Waals surface area contributed by atoms with Crippen LogP contribution in [0.2, 0.25) is 0 Å². The maximum atomic E-state index is 11.6. The van der Waals surface area contributed by atoms with Gasteiger partial charge in [0.2, 0.25) is 0 Å². The third-order valence-corrected chi connectivity index (χ3v) is 3.71. The van der Waals surface area contributed by atoms with Gasteiger partial charge >= 0.3 is 6.03 Å². The number of rotatable bonds is 2. The Kier molecular flexibility index (Phi) is 6.82. The molecule has 0 spiro atoms. The van der Waals surface area contributed by atoms with Crippen molar-refractivity contribution in [3.63, 3.8) is 0 Å². The Hall–Kier alpha value is -0.450. The fraction of sp³-hybridized carbons (Fsp3) is 0.636. The molecule has 1 aliphatic rings. The van der Waals surface area contributed by atoms with Crippen molar-refractivity contribution in [2.75, 3.05) is 0 Å². The molecule has 1 aliphatic carbocycles. The van der Waals surface area contributed by atoms with Crippen LogP contribution in [0.1, 0.15) is 38.5 Å². The van der Waals surface area contributed by atoms with Crippen LogP contribution in [0.5, 0.6) is 0 Å². The first-order valence-electron chi connectivity index (χ1n) is 5.83. The largest absolute Gasteiger partial charge is 0.335 e. The highest BCUT2D eigenvalue weighted by Crippen LogP contribution is 2.18. The molecular weight excluding hydrogens is 298 g/mol. The number of urea groups is 1. The molecule has 102 valence electrons. The molecule has 7 heteroatoms. The van der Waals surface area contributed by atoms with Gasteiger partial charge in [-0.05, 0) is 12.8 Å². The molecule has 0 radical (unpaired) electrons. The van der Waals surface area contributed by atoms with Crippen molar-refractivity contribution in [2.45, 2.75) is 44.6 Å². The minimum Gasteiger partial charge on any atom is -0.335 e. The molecule has 0 atom stereocenters. The second-order valence-corrected chi connectivity index (χ2v) is 5.52. The molecule has 0 bridgehead atoms. The normalized spacial score (nSPS) is 16.6. The van der Waals surface area contributed by atoms with Crippen LogP contribution in [0, 0.1) is 0 Å². The van der Waals surface area contributed by atoms with Gasteiger partial charge in [-0.15, -0.1) is 0 Å². The summed E-state index contributed by atoms with van der Waals surface area (Å²) < 4.78 is -0.364. The Morgan fingerprint density at radius 3 is 2.00 bits per heavy atom. The molecule has 4 nitrogen and oxygen atoms in total. The lowest BCUT2D eigenvalue weighted by Crippen LogP contribution is -2.44. The van der Waals surface area contributed by atoms with E-state index in [9.17, 15) is 9.59 Å². The fourth-order valence-electron chi connectivity index (χ4n) is 1.89. The van der Waals surface area contributed by atoms with Crippen LogP contribution in [0.3, 0.4) is 0 Å². The topological polar surface area (TPSA) is 58.2 Å². The Morgan fingerprint density at radius 1 is 0.944 bits per heavy atom. The highest BCUT2D eigenvalue weighted by Gasteiger charge is 2.18. The molecule has 3 amide bonds. The Morgan fingerprint density at radius 2 is 1.50 bits per heavy atom. The number of hydrogen-bond donors (Lipinski definition) is 2. The summed E-state index contributed by atoms with van der Waals surface area (Å²) in [7, 11) is 0. The first kappa shape index (κ1) is 15.6. The lowest BCUT2D eigenvalue weighted by Gasteiger charge is -2.16. The lowest BCUT2D eigenvalue weighted by molar-refractivity contribution is -0.115. The van der Waals surface area contributed by atoms with Crippen molar-refractivity contribution >= 4 is 46.7 Å². The van der Waals surface area contributed by atoms with Crippen LogP contribution in [-0.4, -0.2) is 18.0 Å². The average molecular weight is 314 g/mol. The summed E-state index contributed by atoms with van der Waals surface area (Å²) >= 11 is 16.2. The molecule has 2 N–H and O–H groups in total. The average Bonchev–Trinajstić information content (AvgIpc) is 2.56. The summed E-state index contributed by atoms with van der Waals surface area (Å²) in [4.78, 5) is 22.9. The van der Waals surface area contributed by atoms with E-state index in [0.29, 0.717) is 0 Å². The van der Waals surface area contributed by atoms with E-state index in [0.717, 1.165) is 25.7 Å². The summed E-state index contributed by atoms with van der Waals surface area (Å²) in [5.74, 6) is -0.803. The van der Waals surface area contributed by atoms with Crippen LogP contribution >= 0.6 is 34.8 Å². The second kappa shape index (κ2) is 7.87. The van der Waals surface area contributed by atoms with E-state index < -0.39 is 17.0 Å². The SMILES string of the molecule is O=C(NC(=O)C(Cl)=C(Cl)Cl)NC1CCCCCC1. The number of imide groups is 1. The minimum atomic E-state index is -0.803. The molecule has 1 saturated carbocycles. The number of carbonyl (C=O) groups excluding carboxylic acids is 2. The van der Waals surface area contributed by atoms with Crippen LogP contribution in [-0.2, 0) is 4.79 Å². The molecule has 0 saturated heterocycles. The van der Waals surface area contributed by atoms with E-state index in [2.05, 4.69) is 10.6 Å². The third-order valence-electron chi connectivity index (χ3n) is 2.78. The fourth-order valence-corrected chi connectivity index (χ4v) is 2.11. The van der Waals surface area contributed by atoms with Gasteiger partial charge in [0.1, 0.15) is 9.52 Å². The summed E-state index contributed by atoms with van der Waals surface area (Å²) in [6, 6.07) is -0.464. The van der Waals surface area contributed by atoms with Gasteiger partial charge in [-0.3, -0.25) is 10.1 Å². The summed E-state index contributed by atoms with van der Waals surface area (Å²) in [6.45, 7) is 0. The maximum Gasteiger partial charge on any atom is 0.321 e. The molecular formula is C11H15Cl3N2O2. The third kappa shape index (κ3) is 5.46. The van der Waals surface area contributed by atoms with E-state index in [1.807, 2.05) is 0 Å². The summed E-state index contributed by atoms with van der Waals surface area (Å²) in [6.07, 6.45) is 6.42. The monoisotopic (exact) mass is 312 g/mol. The predicted octanol–water partition coefficient (Wildman–Crippen LogP) is 3.42. The van der Waals surface area contributed by atoms with Crippen LogP contribution in [0.4, 0.5) is 4.79 Å². The van der Waals surface area contributed by atoms with Gasteiger partial charge in [0.25, 0.3) is 5.91 Å². The van der Waals surface area contributed by atoms with Crippen molar-refractivity contribution in [3.8, 4) is 0 Å². The van der Waals surface area contributed by atoms with Gasteiger partial charge in [0.15, 0.2) is 0 Å². The van der Waals surface area contributed by atoms with Gasteiger partial charge in [0.05, 0.1) is 0 Å². The molecule has 0 aromatic carbocycles. The minimum absolute atomic E-state index is 0.106. The smallest absolute Gasteiger partial charge is 0.321 e. The number of carbonyl (C=O) groups is 2. The van der Waals surface area contributed by atoms with E-state index >= 15 is 0 Å². The Bertz CT molecular complexity index is 346. The zero-order valence-electron chi connectivity index (χ0n) is 9.77. The first-order valence-corrected chi connectivity index (χ1v) is 6.96. The number of halogens is 3. The highest BCUT2D eigenvalue weighted by molar-refractivity contribution is 6.62. The van der Waals surface area contributed by atoms with E-state index in [-0.39, 0.29) is 10.5 Å². The number of nitrogens with one attached hydrogen (secondary N) is 2. The van der Waals surface area contributed by atoms with Gasteiger partial charge in [-0.25, -0.2) is 4.79 Å². The van der Waals surface area contributed by atoms with E-state index in [1.165, 1.54) is 12.8 Å². The van der Waals surface area contributed by atoms with Crippen LogP contribution in [0.15, 0.2) is 9.52 Å². The zero-order valence-corrected chi connectivity index (χ0v) is 12.0. The van der Waals surface area contributed by atoms with Crippen LogP contribution in [0.25, 0.3) is 0 Å². The van der Waals surface area contributed by atoms with Crippen molar-refractivity contribution in [2.24, 2.45) is 0 Å². The summed E-state index contributed by atoms with van der Waals surface area (Å²) in [5, 5.41) is 4.43. The zero-order chi connectivity index (χ0) is 13.5. The molecule has 0 aliphatic heterocycles. The first-order chi connectivity index (χ1) is 8.50. The van der Waals surface area contributed by atoms with Crippen molar-refractivity contribution in [1.29, 1.82) is 0 Å². The molecule has 0 aromatic rings. The van der Waals surface area contributed by atoms with Gasteiger partial charge in [-0.2, -0.15) is 0 Å². The van der Waals surface area contributed by atoms with Crippen molar-refractivity contribution in [3.05, 3.63) is 9.52 Å². The predicted molar refractivity (Wildman–Crippen MR) is 72.7 cm³/mol. The molecule has 1 fully saturated rings. The van der Waals surface area contributed by atoms with Crippen LogP contribution < -0.4 is 10.6 Å². The van der Waals surface area contributed by atoms with E-state index in [4.69, 9.17) is 34.8 Å². The molecule has 18 heavy (non-hydrogen) atoms. The summed E-state index contributed by atoms with van der Waals surface area (Å²) in [5.41, 5.74) is 0. The van der Waals surface area contributed by atoms with Crippen molar-refractivity contribution in [1.82, 2.24) is 10.6 Å². The highest BCUT2D eigenvalue weighted by atomic mass is 35.5. The second-order valence-electron chi connectivity index (χ2n) is 4.19. The molecule has 1 rings (SSSR count). The number of amides is 3. The maximum absolute atomic E-state index is 11.6. The lowest BCUT2D eigenvalue weighted by atomic mass is 10.1. The standard InChI is InChI=1S/C11H15Cl3N2O2/c12-8(9(13)14)10(17)16-11(18)15-7-5-3-1-2-4-6-7/h7H,1-6H2,(H2,15,16,17,18). The van der Waals surface area contributed by atoms with Gasteiger partial charge in [-0.1, -0.05) is 60.5 Å². The quantitative estimate of drug-likeness (QED) is 0.606. The molecule has 0 heterocycles. The molecule has 0 unspecified atom stereocenters. The van der Waals surface area contributed by atoms with Gasteiger partial charge in [0, 0.05) is 6.04 Å². The Labute approximate surface area is 121 Å². The number of hydrogen-bond acceptors (Lipinski definition) is 2. The van der Waals surface area contributed by atoms with Crippen molar-refractivity contribution < 1.29 is 9.59 Å². The van der Waals surface area contributed by atoms with E-state index in [1.54, 1.807) is 0 Å². The molecule has 0 aromatic heterocycles. The van der Waals surface area contributed by atoms with Gasteiger partial charge < -0.3 is 5.32 Å². The Balaban J connectivity index is 2.41.